The number of hydrogen-bond acceptors (Lipinski definition) is 7. The molecule has 0 spiro atoms. The van der Waals surface area contributed by atoms with Crippen molar-refractivity contribution in [2.75, 3.05) is 11.1 Å². The second-order valence-corrected chi connectivity index (χ2v) is 4.70. The summed E-state index contributed by atoms with van der Waals surface area (Å²) < 4.78 is 34.0. The summed E-state index contributed by atoms with van der Waals surface area (Å²) in [7, 11) is 0. The summed E-state index contributed by atoms with van der Waals surface area (Å²) in [6, 6.07) is 5.61. The minimum Gasteiger partial charge on any atom is -0.448 e. The number of anilines is 2. The highest BCUT2D eigenvalue weighted by Crippen LogP contribution is 2.25. The molecule has 10 heteroatoms. The molecule has 0 saturated heterocycles. The summed E-state index contributed by atoms with van der Waals surface area (Å²) >= 11 is 0. The van der Waals surface area contributed by atoms with E-state index in [1.807, 2.05) is 0 Å². The molecule has 0 radical (unpaired) electrons. The molecule has 1 heterocycles. The van der Waals surface area contributed by atoms with Crippen molar-refractivity contribution in [2.45, 2.75) is 19.6 Å². The van der Waals surface area contributed by atoms with Crippen LogP contribution in [0.5, 0.6) is 5.75 Å². The van der Waals surface area contributed by atoms with E-state index in [4.69, 9.17) is 10.5 Å². The fraction of sp³-hybridized carbons (Fsp3) is 0.200. The van der Waals surface area contributed by atoms with E-state index < -0.39 is 24.6 Å². The highest BCUT2D eigenvalue weighted by atomic mass is 19.3. The fourth-order valence-electron chi connectivity index (χ4n) is 1.78. The van der Waals surface area contributed by atoms with E-state index in [1.165, 1.54) is 43.6 Å². The number of hydrogen-bond donors (Lipinski definition) is 2. The molecule has 2 aromatic rings. The first kappa shape index (κ1) is 18.0. The third-order valence-corrected chi connectivity index (χ3v) is 2.93. The summed E-state index contributed by atoms with van der Waals surface area (Å²) in [5, 5.41) is 2.35. The minimum atomic E-state index is -3.05. The molecular formula is C15H14F2N4O4. The minimum absolute atomic E-state index is 0.00900. The van der Waals surface area contributed by atoms with E-state index in [9.17, 15) is 18.4 Å². The van der Waals surface area contributed by atoms with Gasteiger partial charge in [0.2, 0.25) is 0 Å². The zero-order valence-electron chi connectivity index (χ0n) is 13.0. The number of nitrogens with two attached hydrogens (primary N) is 1. The van der Waals surface area contributed by atoms with Gasteiger partial charge in [0.1, 0.15) is 5.75 Å². The van der Waals surface area contributed by atoms with Gasteiger partial charge in [-0.1, -0.05) is 12.1 Å². The molecule has 1 aromatic heterocycles. The predicted molar refractivity (Wildman–Crippen MR) is 83.0 cm³/mol. The van der Waals surface area contributed by atoms with Crippen LogP contribution in [0.3, 0.4) is 0 Å². The average molecular weight is 352 g/mol. The van der Waals surface area contributed by atoms with Crippen molar-refractivity contribution < 1.29 is 27.8 Å². The Morgan fingerprint density at radius 2 is 1.88 bits per heavy atom. The van der Waals surface area contributed by atoms with Gasteiger partial charge in [-0.05, 0) is 19.1 Å². The highest BCUT2D eigenvalue weighted by Gasteiger charge is 2.23. The first-order chi connectivity index (χ1) is 11.9. The number of ether oxygens (including phenoxy) is 2. The zero-order chi connectivity index (χ0) is 18.4. The number of esters is 1. The maximum atomic E-state index is 12.4. The van der Waals surface area contributed by atoms with Crippen molar-refractivity contribution >= 4 is 23.4 Å². The number of para-hydroxylation sites is 2. The quantitative estimate of drug-likeness (QED) is 0.762. The van der Waals surface area contributed by atoms with Crippen LogP contribution in [0.1, 0.15) is 17.4 Å². The van der Waals surface area contributed by atoms with Gasteiger partial charge in [0.05, 0.1) is 5.69 Å². The molecule has 1 unspecified atom stereocenters. The van der Waals surface area contributed by atoms with Crippen LogP contribution in [-0.4, -0.2) is 34.6 Å². The average Bonchev–Trinajstić information content (AvgIpc) is 2.56. The second-order valence-electron chi connectivity index (χ2n) is 4.70. The van der Waals surface area contributed by atoms with Crippen LogP contribution in [0.25, 0.3) is 0 Å². The smallest absolute Gasteiger partial charge is 0.387 e. The van der Waals surface area contributed by atoms with E-state index in [-0.39, 0.29) is 22.9 Å². The van der Waals surface area contributed by atoms with Crippen LogP contribution in [0.2, 0.25) is 0 Å². The number of amides is 1. The number of nitrogen functional groups attached to an aromatic ring is 1. The molecule has 3 N–H and O–H groups in total. The lowest BCUT2D eigenvalue weighted by Gasteiger charge is -2.15. The van der Waals surface area contributed by atoms with Gasteiger partial charge in [-0.2, -0.15) is 8.78 Å². The number of alkyl halides is 2. The van der Waals surface area contributed by atoms with Crippen LogP contribution < -0.4 is 15.8 Å². The van der Waals surface area contributed by atoms with Crippen molar-refractivity contribution in [1.82, 2.24) is 9.97 Å². The molecule has 1 aromatic carbocycles. The second kappa shape index (κ2) is 7.99. The Hall–Kier alpha value is -3.30. The van der Waals surface area contributed by atoms with Crippen molar-refractivity contribution in [3.8, 4) is 5.75 Å². The molecular weight excluding hydrogens is 338 g/mol. The molecule has 0 aliphatic heterocycles. The maximum Gasteiger partial charge on any atom is 0.387 e. The lowest BCUT2D eigenvalue weighted by molar-refractivity contribution is -0.123. The SMILES string of the molecule is CC(OC(=O)c1nccnc1N)C(=O)Nc1ccccc1OC(F)F. The number of carbonyl (C=O) groups is 2. The van der Waals surface area contributed by atoms with E-state index in [0.29, 0.717) is 0 Å². The Morgan fingerprint density at radius 3 is 2.56 bits per heavy atom. The molecule has 1 atom stereocenters. The lowest BCUT2D eigenvalue weighted by atomic mass is 10.2. The summed E-state index contributed by atoms with van der Waals surface area (Å²) in [6.07, 6.45) is 1.30. The van der Waals surface area contributed by atoms with Gasteiger partial charge in [0, 0.05) is 12.4 Å². The van der Waals surface area contributed by atoms with Crippen LogP contribution >= 0.6 is 0 Å². The monoisotopic (exact) mass is 352 g/mol. The Balaban J connectivity index is 2.04. The standard InChI is InChI=1S/C15H14F2N4O4/c1-8(24-14(23)11-12(18)20-7-6-19-11)13(22)21-9-4-2-3-5-10(9)25-15(16)17/h2-8,15H,1H3,(H2,18,20)(H,21,22). The van der Waals surface area contributed by atoms with Crippen molar-refractivity contribution in [2.24, 2.45) is 0 Å². The first-order valence-corrected chi connectivity index (χ1v) is 7.00. The van der Waals surface area contributed by atoms with Gasteiger partial charge in [-0.15, -0.1) is 0 Å². The Kier molecular flexibility index (Phi) is 5.77. The highest BCUT2D eigenvalue weighted by molar-refractivity contribution is 5.98. The summed E-state index contributed by atoms with van der Waals surface area (Å²) in [4.78, 5) is 31.5. The van der Waals surface area contributed by atoms with Gasteiger partial charge < -0.3 is 20.5 Å². The van der Waals surface area contributed by atoms with E-state index >= 15 is 0 Å². The normalized spacial score (nSPS) is 11.7. The van der Waals surface area contributed by atoms with Crippen LogP contribution in [0.4, 0.5) is 20.3 Å². The maximum absolute atomic E-state index is 12.4. The number of aromatic nitrogens is 2. The molecule has 8 nitrogen and oxygen atoms in total. The molecule has 0 aliphatic carbocycles. The lowest BCUT2D eigenvalue weighted by Crippen LogP contribution is -2.30. The van der Waals surface area contributed by atoms with Gasteiger partial charge in [0.15, 0.2) is 17.6 Å². The molecule has 0 aliphatic rings. The largest absolute Gasteiger partial charge is 0.448 e. The number of halogens is 2. The van der Waals surface area contributed by atoms with E-state index in [2.05, 4.69) is 20.0 Å². The molecule has 0 bridgehead atoms. The summed E-state index contributed by atoms with van der Waals surface area (Å²) in [5.41, 5.74) is 5.28. The van der Waals surface area contributed by atoms with Gasteiger partial charge >= 0.3 is 12.6 Å². The third-order valence-electron chi connectivity index (χ3n) is 2.93. The van der Waals surface area contributed by atoms with Crippen molar-refractivity contribution in [3.63, 3.8) is 0 Å². The summed E-state index contributed by atoms with van der Waals surface area (Å²) in [5.74, 6) is -2.05. The first-order valence-electron chi connectivity index (χ1n) is 7.00. The van der Waals surface area contributed by atoms with Gasteiger partial charge in [-0.25, -0.2) is 14.8 Å². The molecule has 25 heavy (non-hydrogen) atoms. The predicted octanol–water partition coefficient (Wildman–Crippen LogP) is 1.84. The van der Waals surface area contributed by atoms with E-state index in [0.717, 1.165) is 0 Å². The topological polar surface area (TPSA) is 116 Å². The van der Waals surface area contributed by atoms with Gasteiger partial charge in [-0.3, -0.25) is 4.79 Å². The van der Waals surface area contributed by atoms with Crippen molar-refractivity contribution in [1.29, 1.82) is 0 Å². The Morgan fingerprint density at radius 1 is 1.20 bits per heavy atom. The number of benzene rings is 1. The van der Waals surface area contributed by atoms with Crippen LogP contribution in [0.15, 0.2) is 36.7 Å². The number of carbonyl (C=O) groups excluding carboxylic acids is 2. The number of nitrogens with one attached hydrogen (secondary N) is 1. The van der Waals surface area contributed by atoms with E-state index in [1.54, 1.807) is 0 Å². The molecule has 0 fully saturated rings. The number of nitrogens with zero attached hydrogens (tertiary/aromatic N) is 2. The third kappa shape index (κ3) is 4.83. The number of rotatable bonds is 6. The zero-order valence-corrected chi connectivity index (χ0v) is 13.0. The van der Waals surface area contributed by atoms with Crippen molar-refractivity contribution in [3.05, 3.63) is 42.4 Å². The molecule has 1 amide bonds. The fourth-order valence-corrected chi connectivity index (χ4v) is 1.78. The molecule has 132 valence electrons. The Labute approximate surface area is 141 Å². The van der Waals surface area contributed by atoms with Crippen LogP contribution in [0, 0.1) is 0 Å². The van der Waals surface area contributed by atoms with Gasteiger partial charge in [0.25, 0.3) is 5.91 Å². The van der Waals surface area contributed by atoms with Crippen LogP contribution in [-0.2, 0) is 9.53 Å². The Bertz CT molecular complexity index is 773. The molecule has 2 rings (SSSR count). The molecule has 0 saturated carbocycles. The summed E-state index contributed by atoms with van der Waals surface area (Å²) in [6.45, 7) is -1.75.